The second-order valence-electron chi connectivity index (χ2n) is 7.31. The summed E-state index contributed by atoms with van der Waals surface area (Å²) in [5.74, 6) is 1.61. The van der Waals surface area contributed by atoms with Crippen molar-refractivity contribution in [2.75, 3.05) is 13.6 Å². The normalized spacial score (nSPS) is 18.0. The molecule has 1 aromatic carbocycles. The third-order valence-corrected chi connectivity index (χ3v) is 4.84. The van der Waals surface area contributed by atoms with Gasteiger partial charge in [0.15, 0.2) is 0 Å². The third-order valence-electron chi connectivity index (χ3n) is 4.84. The van der Waals surface area contributed by atoms with Gasteiger partial charge in [0.1, 0.15) is 5.82 Å². The van der Waals surface area contributed by atoms with Crippen molar-refractivity contribution >= 4 is 0 Å². The van der Waals surface area contributed by atoms with Gasteiger partial charge >= 0.3 is 5.69 Å². The van der Waals surface area contributed by atoms with Crippen molar-refractivity contribution in [1.29, 1.82) is 0 Å². The van der Waals surface area contributed by atoms with Gasteiger partial charge in [0.25, 0.3) is 0 Å². The van der Waals surface area contributed by atoms with Gasteiger partial charge in [0.05, 0.1) is 6.54 Å². The molecule has 0 saturated carbocycles. The standard InChI is InChI=1S/C19H28N4O/c1-15(2)13-21(3)17-9-10-18-20-23(19(24)22(18)12-11-17)14-16-7-5-4-6-8-16/h4-8,15,17H,9-14H2,1-3H3. The molecule has 1 unspecified atom stereocenters. The number of aryl methyl sites for hydroxylation is 1. The number of hydrogen-bond acceptors (Lipinski definition) is 3. The molecule has 130 valence electrons. The van der Waals surface area contributed by atoms with Crippen molar-refractivity contribution in [3.05, 3.63) is 52.2 Å². The monoisotopic (exact) mass is 328 g/mol. The van der Waals surface area contributed by atoms with Gasteiger partial charge in [-0.25, -0.2) is 9.48 Å². The van der Waals surface area contributed by atoms with Crippen LogP contribution in [0.25, 0.3) is 0 Å². The van der Waals surface area contributed by atoms with Gasteiger partial charge in [-0.2, -0.15) is 5.10 Å². The van der Waals surface area contributed by atoms with Gasteiger partial charge in [-0.05, 0) is 31.4 Å². The van der Waals surface area contributed by atoms with Crippen LogP contribution in [0.4, 0.5) is 0 Å². The molecule has 0 aliphatic carbocycles. The molecule has 0 spiro atoms. The van der Waals surface area contributed by atoms with Crippen LogP contribution in [0.5, 0.6) is 0 Å². The van der Waals surface area contributed by atoms with E-state index >= 15 is 0 Å². The zero-order valence-corrected chi connectivity index (χ0v) is 15.0. The van der Waals surface area contributed by atoms with E-state index in [0.717, 1.165) is 43.7 Å². The molecule has 0 fully saturated rings. The number of benzene rings is 1. The smallest absolute Gasteiger partial charge is 0.303 e. The van der Waals surface area contributed by atoms with Crippen molar-refractivity contribution in [3.8, 4) is 0 Å². The Labute approximate surface area is 143 Å². The fraction of sp³-hybridized carbons (Fsp3) is 0.579. The molecule has 24 heavy (non-hydrogen) atoms. The lowest BCUT2D eigenvalue weighted by Gasteiger charge is -2.28. The summed E-state index contributed by atoms with van der Waals surface area (Å²) in [5, 5.41) is 4.61. The molecule has 1 aromatic heterocycles. The highest BCUT2D eigenvalue weighted by Crippen LogP contribution is 2.17. The highest BCUT2D eigenvalue weighted by Gasteiger charge is 2.23. The maximum Gasteiger partial charge on any atom is 0.346 e. The number of fused-ring (bicyclic) bond motifs is 1. The van der Waals surface area contributed by atoms with Gasteiger partial charge < -0.3 is 4.90 Å². The fourth-order valence-electron chi connectivity index (χ4n) is 3.64. The van der Waals surface area contributed by atoms with Crippen LogP contribution in [0.1, 0.15) is 38.1 Å². The molecule has 2 aromatic rings. The van der Waals surface area contributed by atoms with E-state index in [1.54, 1.807) is 4.68 Å². The van der Waals surface area contributed by atoms with Gasteiger partial charge in [-0.15, -0.1) is 0 Å². The molecular formula is C19H28N4O. The maximum absolute atomic E-state index is 12.7. The van der Waals surface area contributed by atoms with E-state index in [0.29, 0.717) is 18.5 Å². The minimum Gasteiger partial charge on any atom is -0.303 e. The van der Waals surface area contributed by atoms with E-state index < -0.39 is 0 Å². The molecule has 2 heterocycles. The third kappa shape index (κ3) is 3.78. The maximum atomic E-state index is 12.7. The van der Waals surface area contributed by atoms with Crippen molar-refractivity contribution in [1.82, 2.24) is 19.2 Å². The fourth-order valence-corrected chi connectivity index (χ4v) is 3.64. The number of rotatable bonds is 5. The Morgan fingerprint density at radius 1 is 1.25 bits per heavy atom. The molecule has 5 heteroatoms. The molecule has 1 aliphatic rings. The van der Waals surface area contributed by atoms with Gasteiger partial charge in [-0.1, -0.05) is 44.2 Å². The summed E-state index contributed by atoms with van der Waals surface area (Å²) in [6.45, 7) is 6.93. The highest BCUT2D eigenvalue weighted by molar-refractivity contribution is 5.14. The van der Waals surface area contributed by atoms with E-state index in [2.05, 4.69) is 30.9 Å². The van der Waals surface area contributed by atoms with E-state index in [1.807, 2.05) is 34.9 Å². The molecule has 1 atom stereocenters. The van der Waals surface area contributed by atoms with E-state index in [-0.39, 0.29) is 5.69 Å². The highest BCUT2D eigenvalue weighted by atomic mass is 16.2. The van der Waals surface area contributed by atoms with Crippen LogP contribution in [-0.4, -0.2) is 38.9 Å². The second-order valence-corrected chi connectivity index (χ2v) is 7.31. The van der Waals surface area contributed by atoms with Crippen LogP contribution in [-0.2, 0) is 19.5 Å². The first kappa shape index (κ1) is 17.0. The summed E-state index contributed by atoms with van der Waals surface area (Å²) in [6, 6.07) is 10.6. The van der Waals surface area contributed by atoms with E-state index in [4.69, 9.17) is 0 Å². The Kier molecular flexibility index (Phi) is 5.19. The molecule has 3 rings (SSSR count). The van der Waals surface area contributed by atoms with Crippen LogP contribution < -0.4 is 5.69 Å². The Balaban J connectivity index is 1.72. The van der Waals surface area contributed by atoms with Crippen LogP contribution in [0.15, 0.2) is 35.1 Å². The lowest BCUT2D eigenvalue weighted by Crippen LogP contribution is -2.35. The van der Waals surface area contributed by atoms with Crippen molar-refractivity contribution in [3.63, 3.8) is 0 Å². The molecule has 0 amide bonds. The number of aromatic nitrogens is 3. The van der Waals surface area contributed by atoms with Gasteiger partial charge in [-0.3, -0.25) is 4.57 Å². The number of nitrogens with zero attached hydrogens (tertiary/aromatic N) is 4. The Morgan fingerprint density at radius 3 is 2.71 bits per heavy atom. The van der Waals surface area contributed by atoms with Crippen LogP contribution in [0, 0.1) is 5.92 Å². The average Bonchev–Trinajstić information content (AvgIpc) is 2.73. The summed E-state index contributed by atoms with van der Waals surface area (Å²) in [7, 11) is 2.20. The van der Waals surface area contributed by atoms with Crippen LogP contribution in [0.3, 0.4) is 0 Å². The summed E-state index contributed by atoms with van der Waals surface area (Å²) < 4.78 is 3.50. The van der Waals surface area contributed by atoms with Crippen molar-refractivity contribution in [2.45, 2.75) is 52.2 Å². The topological polar surface area (TPSA) is 43.1 Å². The predicted molar refractivity (Wildman–Crippen MR) is 96.2 cm³/mol. The Bertz CT molecular complexity index is 717. The average molecular weight is 328 g/mol. The summed E-state index contributed by atoms with van der Waals surface area (Å²) in [6.07, 6.45) is 2.97. The Hall–Kier alpha value is -1.88. The van der Waals surface area contributed by atoms with Gasteiger partial charge in [0.2, 0.25) is 0 Å². The molecule has 0 radical (unpaired) electrons. The number of hydrogen-bond donors (Lipinski definition) is 0. The lowest BCUT2D eigenvalue weighted by molar-refractivity contribution is 0.196. The Morgan fingerprint density at radius 2 is 2.00 bits per heavy atom. The molecule has 5 nitrogen and oxygen atoms in total. The first-order chi connectivity index (χ1) is 11.5. The van der Waals surface area contributed by atoms with Crippen molar-refractivity contribution < 1.29 is 0 Å². The summed E-state index contributed by atoms with van der Waals surface area (Å²) in [4.78, 5) is 15.1. The molecule has 0 N–H and O–H groups in total. The zero-order valence-electron chi connectivity index (χ0n) is 15.0. The van der Waals surface area contributed by atoms with Crippen LogP contribution in [0.2, 0.25) is 0 Å². The minimum atomic E-state index is 0.0287. The molecule has 0 bridgehead atoms. The molecule has 0 saturated heterocycles. The zero-order chi connectivity index (χ0) is 17.1. The molecule has 1 aliphatic heterocycles. The second kappa shape index (κ2) is 7.34. The van der Waals surface area contributed by atoms with E-state index in [1.165, 1.54) is 0 Å². The first-order valence-electron chi connectivity index (χ1n) is 8.95. The quantitative estimate of drug-likeness (QED) is 0.846. The van der Waals surface area contributed by atoms with E-state index in [9.17, 15) is 4.79 Å². The van der Waals surface area contributed by atoms with Crippen molar-refractivity contribution in [2.24, 2.45) is 5.92 Å². The minimum absolute atomic E-state index is 0.0287. The first-order valence-corrected chi connectivity index (χ1v) is 8.95. The SMILES string of the molecule is CC(C)CN(C)C1CCc2nn(Cc3ccccc3)c(=O)n2CC1. The predicted octanol–water partition coefficient (Wildman–Crippen LogP) is 2.39. The summed E-state index contributed by atoms with van der Waals surface area (Å²) in [5.41, 5.74) is 1.14. The van der Waals surface area contributed by atoms with Crippen LogP contribution >= 0.6 is 0 Å². The largest absolute Gasteiger partial charge is 0.346 e. The van der Waals surface area contributed by atoms with Gasteiger partial charge in [0, 0.05) is 25.6 Å². The lowest BCUT2D eigenvalue weighted by atomic mass is 10.1. The summed E-state index contributed by atoms with van der Waals surface area (Å²) >= 11 is 0. The molecular weight excluding hydrogens is 300 g/mol.